The van der Waals surface area contributed by atoms with Crippen LogP contribution in [0, 0.1) is 0 Å². The molecule has 7 nitrogen and oxygen atoms in total. The molecule has 2 rings (SSSR count). The Morgan fingerprint density at radius 1 is 1.50 bits per heavy atom. The van der Waals surface area contributed by atoms with Gasteiger partial charge in [-0.2, -0.15) is 17.5 Å². The molecule has 0 radical (unpaired) electrons. The first kappa shape index (κ1) is 18.7. The first-order chi connectivity index (χ1) is 11.1. The number of carbonyl (C=O) groups is 1. The molecule has 2 N–H and O–H groups in total. The topological polar surface area (TPSA) is 103 Å². The molecule has 1 heterocycles. The minimum atomic E-state index is -5.60. The summed E-state index contributed by atoms with van der Waals surface area (Å²) in [6.07, 6.45) is 1.82. The van der Waals surface area contributed by atoms with Crippen molar-refractivity contribution < 1.29 is 31.1 Å². The summed E-state index contributed by atoms with van der Waals surface area (Å²) in [4.78, 5) is 15.0. The Labute approximate surface area is 140 Å². The number of rotatable bonds is 7. The van der Waals surface area contributed by atoms with Gasteiger partial charge in [0, 0.05) is 12.2 Å². The van der Waals surface area contributed by atoms with E-state index in [1.807, 2.05) is 0 Å². The Kier molecular flexibility index (Phi) is 5.25. The maximum absolute atomic E-state index is 12.8. The fourth-order valence-electron chi connectivity index (χ4n) is 1.94. The summed E-state index contributed by atoms with van der Waals surface area (Å²) in [6, 6.07) is 1.89. The second-order valence-corrected chi connectivity index (χ2v) is 7.32. The number of pyridine rings is 1. The smallest absolute Gasteiger partial charge is 0.474 e. The van der Waals surface area contributed by atoms with E-state index >= 15 is 0 Å². The van der Waals surface area contributed by atoms with Crippen LogP contribution in [0.3, 0.4) is 0 Å². The Bertz CT molecular complexity index is 725. The van der Waals surface area contributed by atoms with E-state index < -0.39 is 39.6 Å². The molecule has 1 aliphatic rings. The summed E-state index contributed by atoms with van der Waals surface area (Å²) in [6.45, 7) is -0.634. The predicted molar refractivity (Wildman–Crippen MR) is 77.7 cm³/mol. The Morgan fingerprint density at radius 2 is 2.12 bits per heavy atom. The molecule has 0 aliphatic heterocycles. The number of alkyl halides is 4. The molecule has 0 spiro atoms. The predicted octanol–water partition coefficient (Wildman–Crippen LogP) is 1.44. The van der Waals surface area contributed by atoms with Gasteiger partial charge in [-0.1, -0.05) is 0 Å². The van der Waals surface area contributed by atoms with Crippen molar-refractivity contribution in [3.63, 3.8) is 0 Å². The summed E-state index contributed by atoms with van der Waals surface area (Å²) in [7, 11) is -5.60. The van der Waals surface area contributed by atoms with Crippen LogP contribution < -0.4 is 10.5 Å². The fourth-order valence-corrected chi connectivity index (χ4v) is 3.68. The first-order valence-electron chi connectivity index (χ1n) is 6.67. The highest BCUT2D eigenvalue weighted by atomic mass is 35.5. The summed E-state index contributed by atoms with van der Waals surface area (Å²) in [5.41, 5.74) is -2.07. The van der Waals surface area contributed by atoms with E-state index in [0.717, 1.165) is 0 Å². The summed E-state index contributed by atoms with van der Waals surface area (Å²) in [5.74, 6) is -1.10. The van der Waals surface area contributed by atoms with Gasteiger partial charge in [-0.15, -0.1) is 11.6 Å². The maximum atomic E-state index is 12.8. The number of hydrogen-bond acceptors (Lipinski definition) is 5. The third-order valence-electron chi connectivity index (χ3n) is 3.15. The molecule has 1 aromatic heterocycles. The molecule has 1 unspecified atom stereocenters. The standard InChI is InChI=1S/C12H13ClF3N3O4S/c13-9(6-23-11-8(10(17)20)2-1-5-18-11)19(7-3-4-7)24(21,22)12(14,15)16/h1-2,5,7,9H,3-4,6H2,(H2,17,20). The van der Waals surface area contributed by atoms with Gasteiger partial charge < -0.3 is 10.5 Å². The Balaban J connectivity index is 2.16. The lowest BCUT2D eigenvalue weighted by Gasteiger charge is -2.27. The number of primary amides is 1. The third-order valence-corrected chi connectivity index (χ3v) is 5.29. The number of ether oxygens (including phenoxy) is 1. The fraction of sp³-hybridized carbons (Fsp3) is 0.500. The molecule has 1 aromatic rings. The van der Waals surface area contributed by atoms with Crippen molar-refractivity contribution in [3.8, 4) is 5.88 Å². The SMILES string of the molecule is NC(=O)c1cccnc1OCC(Cl)N(C1CC1)S(=O)(=O)C(F)(F)F. The molecular formula is C12H13ClF3N3O4S. The van der Waals surface area contributed by atoms with E-state index in [1.165, 1.54) is 18.3 Å². The number of halogens is 4. The van der Waals surface area contributed by atoms with Crippen molar-refractivity contribution in [3.05, 3.63) is 23.9 Å². The van der Waals surface area contributed by atoms with Crippen LogP contribution in [0.4, 0.5) is 13.2 Å². The van der Waals surface area contributed by atoms with Crippen LogP contribution in [0.2, 0.25) is 0 Å². The highest BCUT2D eigenvalue weighted by Gasteiger charge is 2.56. The average Bonchev–Trinajstić information content (AvgIpc) is 3.28. The van der Waals surface area contributed by atoms with E-state index in [1.54, 1.807) is 0 Å². The molecule has 1 saturated carbocycles. The number of hydrogen-bond donors (Lipinski definition) is 1. The lowest BCUT2D eigenvalue weighted by atomic mass is 10.2. The van der Waals surface area contributed by atoms with Crippen molar-refractivity contribution in [1.82, 2.24) is 9.29 Å². The zero-order chi connectivity index (χ0) is 18.1. The van der Waals surface area contributed by atoms with Gasteiger partial charge in [0.1, 0.15) is 17.7 Å². The Morgan fingerprint density at radius 3 is 2.62 bits per heavy atom. The Hall–Kier alpha value is -1.59. The lowest BCUT2D eigenvalue weighted by molar-refractivity contribution is -0.0499. The monoisotopic (exact) mass is 387 g/mol. The van der Waals surface area contributed by atoms with Crippen molar-refractivity contribution in [1.29, 1.82) is 0 Å². The molecule has 1 amide bonds. The second kappa shape index (κ2) is 6.73. The lowest BCUT2D eigenvalue weighted by Crippen LogP contribution is -2.47. The van der Waals surface area contributed by atoms with Crippen LogP contribution in [0.1, 0.15) is 23.2 Å². The molecule has 24 heavy (non-hydrogen) atoms. The van der Waals surface area contributed by atoms with E-state index in [0.29, 0.717) is 0 Å². The van der Waals surface area contributed by atoms with Gasteiger partial charge in [0.2, 0.25) is 5.88 Å². The van der Waals surface area contributed by atoms with Crippen LogP contribution in [-0.2, 0) is 10.0 Å². The highest BCUT2D eigenvalue weighted by molar-refractivity contribution is 7.90. The van der Waals surface area contributed by atoms with Crippen LogP contribution in [0.25, 0.3) is 0 Å². The van der Waals surface area contributed by atoms with Crippen LogP contribution in [0.15, 0.2) is 18.3 Å². The summed E-state index contributed by atoms with van der Waals surface area (Å²) in [5, 5.41) is 0. The minimum Gasteiger partial charge on any atom is -0.474 e. The zero-order valence-corrected chi connectivity index (χ0v) is 13.6. The summed E-state index contributed by atoms with van der Waals surface area (Å²) < 4.78 is 66.8. The number of nitrogens with zero attached hydrogens (tertiary/aromatic N) is 2. The minimum absolute atomic E-state index is 0.0991. The normalized spacial score (nSPS) is 16.9. The van der Waals surface area contributed by atoms with Crippen molar-refractivity contribution in [2.45, 2.75) is 29.9 Å². The molecule has 1 atom stereocenters. The number of amides is 1. The van der Waals surface area contributed by atoms with Crippen molar-refractivity contribution >= 4 is 27.5 Å². The number of aromatic nitrogens is 1. The molecule has 12 heteroatoms. The molecule has 0 saturated heterocycles. The number of carbonyl (C=O) groups excluding carboxylic acids is 1. The zero-order valence-electron chi connectivity index (χ0n) is 12.0. The van der Waals surface area contributed by atoms with Gasteiger partial charge in [-0.05, 0) is 25.0 Å². The number of sulfonamides is 1. The van der Waals surface area contributed by atoms with Crippen LogP contribution in [-0.4, -0.2) is 47.3 Å². The van der Waals surface area contributed by atoms with E-state index in [2.05, 4.69) is 4.98 Å². The van der Waals surface area contributed by atoms with Crippen molar-refractivity contribution in [2.75, 3.05) is 6.61 Å². The van der Waals surface area contributed by atoms with E-state index in [4.69, 9.17) is 22.1 Å². The molecule has 0 bridgehead atoms. The molecule has 1 fully saturated rings. The quantitative estimate of drug-likeness (QED) is 0.563. The van der Waals surface area contributed by atoms with Crippen LogP contribution >= 0.6 is 11.6 Å². The average molecular weight is 388 g/mol. The van der Waals surface area contributed by atoms with Gasteiger partial charge in [0.05, 0.1) is 0 Å². The largest absolute Gasteiger partial charge is 0.511 e. The van der Waals surface area contributed by atoms with Gasteiger partial charge in [0.15, 0.2) is 0 Å². The van der Waals surface area contributed by atoms with E-state index in [9.17, 15) is 26.4 Å². The van der Waals surface area contributed by atoms with Gasteiger partial charge in [-0.3, -0.25) is 4.79 Å². The molecule has 134 valence electrons. The second-order valence-electron chi connectivity index (χ2n) is 4.98. The van der Waals surface area contributed by atoms with Gasteiger partial charge >= 0.3 is 15.5 Å². The maximum Gasteiger partial charge on any atom is 0.511 e. The van der Waals surface area contributed by atoms with Crippen LogP contribution in [0.5, 0.6) is 5.88 Å². The molecular weight excluding hydrogens is 375 g/mol. The molecule has 1 aliphatic carbocycles. The van der Waals surface area contributed by atoms with Gasteiger partial charge in [-0.25, -0.2) is 13.4 Å². The van der Waals surface area contributed by atoms with E-state index in [-0.39, 0.29) is 28.6 Å². The van der Waals surface area contributed by atoms with Gasteiger partial charge in [0.25, 0.3) is 5.91 Å². The summed E-state index contributed by atoms with van der Waals surface area (Å²) >= 11 is 5.83. The number of nitrogens with two attached hydrogens (primary N) is 1. The highest BCUT2D eigenvalue weighted by Crippen LogP contribution is 2.38. The molecule has 0 aromatic carbocycles. The first-order valence-corrected chi connectivity index (χ1v) is 8.55. The van der Waals surface area contributed by atoms with Crippen molar-refractivity contribution in [2.24, 2.45) is 5.73 Å². The third kappa shape index (κ3) is 3.90.